The van der Waals surface area contributed by atoms with Crippen molar-refractivity contribution in [1.82, 2.24) is 10.2 Å². The van der Waals surface area contributed by atoms with Crippen LogP contribution in [-0.4, -0.2) is 49.8 Å². The fourth-order valence-electron chi connectivity index (χ4n) is 3.22. The number of hydrogen-bond donors (Lipinski definition) is 1. The molecule has 1 N–H and O–H groups in total. The minimum absolute atomic E-state index is 0.411. The Balaban J connectivity index is 1.77. The number of rotatable bonds is 3. The van der Waals surface area contributed by atoms with E-state index in [0.29, 0.717) is 18.2 Å². The molecule has 2 heterocycles. The minimum Gasteiger partial charge on any atom is -0.377 e. The molecule has 0 aromatic rings. The smallest absolute Gasteiger partial charge is 0.0702 e. The first kappa shape index (κ1) is 13.3. The maximum atomic E-state index is 5.66. The molecule has 0 amide bonds. The minimum atomic E-state index is 0.411. The Labute approximate surface area is 106 Å². The Kier molecular flexibility index (Phi) is 5.26. The summed E-state index contributed by atoms with van der Waals surface area (Å²) >= 11 is 0. The van der Waals surface area contributed by atoms with Crippen LogP contribution in [0.5, 0.6) is 0 Å². The topological polar surface area (TPSA) is 24.5 Å². The highest BCUT2D eigenvalue weighted by Gasteiger charge is 2.28. The van der Waals surface area contributed by atoms with E-state index in [1.807, 2.05) is 0 Å². The highest BCUT2D eigenvalue weighted by molar-refractivity contribution is 4.83. The van der Waals surface area contributed by atoms with Gasteiger partial charge in [-0.15, -0.1) is 0 Å². The highest BCUT2D eigenvalue weighted by atomic mass is 16.5. The lowest BCUT2D eigenvalue weighted by atomic mass is 10.0. The molecule has 0 aromatic carbocycles. The Morgan fingerprint density at radius 1 is 1.18 bits per heavy atom. The third-order valence-corrected chi connectivity index (χ3v) is 4.32. The number of hydrogen-bond acceptors (Lipinski definition) is 3. The third kappa shape index (κ3) is 3.94. The summed E-state index contributed by atoms with van der Waals surface area (Å²) in [4.78, 5) is 2.51. The van der Waals surface area contributed by atoms with Crippen LogP contribution >= 0.6 is 0 Å². The Hall–Kier alpha value is -0.120. The molecule has 2 rings (SSSR count). The van der Waals surface area contributed by atoms with E-state index < -0.39 is 0 Å². The van der Waals surface area contributed by atoms with E-state index in [2.05, 4.69) is 24.2 Å². The molecule has 3 unspecified atom stereocenters. The van der Waals surface area contributed by atoms with E-state index in [0.717, 1.165) is 6.61 Å². The van der Waals surface area contributed by atoms with Crippen molar-refractivity contribution in [3.63, 3.8) is 0 Å². The van der Waals surface area contributed by atoms with Gasteiger partial charge < -0.3 is 10.1 Å². The molecule has 3 heteroatoms. The first-order valence-electron chi connectivity index (χ1n) is 7.32. The predicted molar refractivity (Wildman–Crippen MR) is 71.3 cm³/mol. The number of likely N-dealkylation sites (N-methyl/N-ethyl adjacent to an activating group) is 1. The molecule has 3 atom stereocenters. The van der Waals surface area contributed by atoms with Gasteiger partial charge in [0.15, 0.2) is 0 Å². The second kappa shape index (κ2) is 6.72. The highest BCUT2D eigenvalue weighted by Crippen LogP contribution is 2.19. The predicted octanol–water partition coefficient (Wildman–Crippen LogP) is 2.02. The molecule has 0 aromatic heterocycles. The summed E-state index contributed by atoms with van der Waals surface area (Å²) in [7, 11) is 2.26. The lowest BCUT2D eigenvalue weighted by molar-refractivity contribution is 0.0796. The second-order valence-corrected chi connectivity index (χ2v) is 5.73. The largest absolute Gasteiger partial charge is 0.377 e. The maximum Gasteiger partial charge on any atom is 0.0702 e. The summed E-state index contributed by atoms with van der Waals surface area (Å²) in [6.07, 6.45) is 8.52. The van der Waals surface area contributed by atoms with E-state index in [4.69, 9.17) is 4.74 Å². The lowest BCUT2D eigenvalue weighted by Gasteiger charge is -2.31. The van der Waals surface area contributed by atoms with E-state index in [1.54, 1.807) is 0 Å². The standard InChI is InChI=1S/C14H28N2O/c1-12-14(8-10-17-12)16(2)11-13-7-5-3-4-6-9-15-13/h12-15H,3-11H2,1-2H3. The molecule has 0 spiro atoms. The monoisotopic (exact) mass is 240 g/mol. The second-order valence-electron chi connectivity index (χ2n) is 5.73. The number of nitrogens with zero attached hydrogens (tertiary/aromatic N) is 1. The zero-order valence-electron chi connectivity index (χ0n) is 11.5. The zero-order chi connectivity index (χ0) is 12.1. The van der Waals surface area contributed by atoms with Gasteiger partial charge in [0, 0.05) is 25.2 Å². The molecule has 2 aliphatic rings. The average Bonchev–Trinajstić information content (AvgIpc) is 2.68. The Morgan fingerprint density at radius 2 is 2.00 bits per heavy atom. The van der Waals surface area contributed by atoms with Crippen LogP contribution in [0.3, 0.4) is 0 Å². The van der Waals surface area contributed by atoms with Crippen LogP contribution in [0.2, 0.25) is 0 Å². The van der Waals surface area contributed by atoms with E-state index in [9.17, 15) is 0 Å². The number of nitrogens with one attached hydrogen (secondary N) is 1. The van der Waals surface area contributed by atoms with Crippen LogP contribution in [-0.2, 0) is 4.74 Å². The van der Waals surface area contributed by atoms with Gasteiger partial charge in [-0.1, -0.05) is 19.3 Å². The Bertz CT molecular complexity index is 214. The quantitative estimate of drug-likeness (QED) is 0.817. The molecule has 0 aliphatic carbocycles. The molecule has 2 saturated heterocycles. The van der Waals surface area contributed by atoms with Gasteiger partial charge in [-0.2, -0.15) is 0 Å². The van der Waals surface area contributed by atoms with Gasteiger partial charge in [0.2, 0.25) is 0 Å². The maximum absolute atomic E-state index is 5.66. The molecule has 2 aliphatic heterocycles. The van der Waals surface area contributed by atoms with Crippen LogP contribution in [0.15, 0.2) is 0 Å². The molecule has 17 heavy (non-hydrogen) atoms. The van der Waals surface area contributed by atoms with Crippen LogP contribution in [0.4, 0.5) is 0 Å². The molecular formula is C14H28N2O. The van der Waals surface area contributed by atoms with Gasteiger partial charge in [0.25, 0.3) is 0 Å². The normalized spacial score (nSPS) is 35.8. The molecule has 0 radical (unpaired) electrons. The fourth-order valence-corrected chi connectivity index (χ4v) is 3.22. The van der Waals surface area contributed by atoms with E-state index in [1.165, 1.54) is 51.6 Å². The third-order valence-electron chi connectivity index (χ3n) is 4.32. The summed E-state index contributed by atoms with van der Waals surface area (Å²) in [5, 5.41) is 3.71. The van der Waals surface area contributed by atoms with Crippen molar-refractivity contribution in [1.29, 1.82) is 0 Å². The van der Waals surface area contributed by atoms with Crippen LogP contribution < -0.4 is 5.32 Å². The van der Waals surface area contributed by atoms with Crippen molar-refractivity contribution in [2.75, 3.05) is 26.7 Å². The number of ether oxygens (including phenoxy) is 1. The first-order chi connectivity index (χ1) is 8.27. The molecule has 2 fully saturated rings. The molecule has 100 valence electrons. The van der Waals surface area contributed by atoms with E-state index >= 15 is 0 Å². The van der Waals surface area contributed by atoms with Crippen LogP contribution in [0.25, 0.3) is 0 Å². The van der Waals surface area contributed by atoms with Crippen molar-refractivity contribution in [3.8, 4) is 0 Å². The average molecular weight is 240 g/mol. The summed E-state index contributed by atoms with van der Waals surface area (Å²) < 4.78 is 5.66. The van der Waals surface area contributed by atoms with Crippen molar-refractivity contribution in [2.45, 2.75) is 63.6 Å². The summed E-state index contributed by atoms with van der Waals surface area (Å²) in [5.41, 5.74) is 0. The van der Waals surface area contributed by atoms with Crippen molar-refractivity contribution >= 4 is 0 Å². The van der Waals surface area contributed by atoms with Crippen LogP contribution in [0.1, 0.15) is 45.4 Å². The van der Waals surface area contributed by atoms with Crippen LogP contribution in [0, 0.1) is 0 Å². The van der Waals surface area contributed by atoms with Crippen molar-refractivity contribution in [2.24, 2.45) is 0 Å². The van der Waals surface area contributed by atoms with Gasteiger partial charge in [-0.25, -0.2) is 0 Å². The van der Waals surface area contributed by atoms with Gasteiger partial charge in [-0.05, 0) is 39.8 Å². The molecular weight excluding hydrogens is 212 g/mol. The molecule has 0 saturated carbocycles. The Morgan fingerprint density at radius 3 is 2.76 bits per heavy atom. The summed E-state index contributed by atoms with van der Waals surface area (Å²) in [6, 6.07) is 1.32. The van der Waals surface area contributed by atoms with Gasteiger partial charge >= 0.3 is 0 Å². The fraction of sp³-hybridized carbons (Fsp3) is 1.00. The molecule has 3 nitrogen and oxygen atoms in total. The van der Waals surface area contributed by atoms with Gasteiger partial charge in [0.1, 0.15) is 0 Å². The summed E-state index contributed by atoms with van der Waals surface area (Å²) in [6.45, 7) is 5.53. The zero-order valence-corrected chi connectivity index (χ0v) is 11.5. The SMILES string of the molecule is CC1OCCC1N(C)CC1CCCCCCN1. The lowest BCUT2D eigenvalue weighted by Crippen LogP contribution is -2.46. The van der Waals surface area contributed by atoms with Gasteiger partial charge in [-0.3, -0.25) is 4.90 Å². The van der Waals surface area contributed by atoms with Gasteiger partial charge in [0.05, 0.1) is 6.10 Å². The van der Waals surface area contributed by atoms with E-state index in [-0.39, 0.29) is 0 Å². The summed E-state index contributed by atoms with van der Waals surface area (Å²) in [5.74, 6) is 0. The van der Waals surface area contributed by atoms with Crippen molar-refractivity contribution in [3.05, 3.63) is 0 Å². The first-order valence-corrected chi connectivity index (χ1v) is 7.32. The molecule has 0 bridgehead atoms. The van der Waals surface area contributed by atoms with Crippen molar-refractivity contribution < 1.29 is 4.74 Å².